The van der Waals surface area contributed by atoms with Crippen molar-refractivity contribution >= 4 is 11.6 Å². The van der Waals surface area contributed by atoms with Crippen molar-refractivity contribution in [1.29, 1.82) is 0 Å². The standard InChI is InChI=1S/C22H28O4/c1-12-8-14-15-5-7-22(18(25)11-26-22)21(15,3)10-17(24)19(14)20(2)6-4-13(23)9-16(12)20/h4,6,9,12,14-15,17,19,24H,5,7-8,10-11H2,1-3H3. The highest BCUT2D eigenvalue weighted by Crippen LogP contribution is 2.69. The molecule has 1 saturated heterocycles. The summed E-state index contributed by atoms with van der Waals surface area (Å²) in [6.45, 7) is 6.82. The third kappa shape index (κ3) is 1.73. The Hall–Kier alpha value is -1.26. The van der Waals surface area contributed by atoms with Crippen LogP contribution in [-0.2, 0) is 14.3 Å². The van der Waals surface area contributed by atoms with Gasteiger partial charge in [-0.1, -0.05) is 32.4 Å². The molecule has 1 spiro atoms. The molecule has 8 atom stereocenters. The summed E-state index contributed by atoms with van der Waals surface area (Å²) in [5.74, 6) is 1.47. The number of fused-ring (bicyclic) bond motifs is 6. The Kier molecular flexibility index (Phi) is 3.22. The van der Waals surface area contributed by atoms with Gasteiger partial charge < -0.3 is 9.84 Å². The van der Waals surface area contributed by atoms with Crippen molar-refractivity contribution in [1.82, 2.24) is 0 Å². The summed E-state index contributed by atoms with van der Waals surface area (Å²) in [7, 11) is 0. The predicted octanol–water partition coefficient (Wildman–Crippen LogP) is 2.85. The second kappa shape index (κ2) is 4.96. The van der Waals surface area contributed by atoms with Crippen LogP contribution in [0.2, 0.25) is 0 Å². The van der Waals surface area contributed by atoms with Crippen LogP contribution in [0, 0.1) is 34.5 Å². The van der Waals surface area contributed by atoms with E-state index in [0.29, 0.717) is 24.2 Å². The molecule has 8 unspecified atom stereocenters. The predicted molar refractivity (Wildman–Crippen MR) is 96.2 cm³/mol. The minimum atomic E-state index is -0.651. The molecular weight excluding hydrogens is 328 g/mol. The Morgan fingerprint density at radius 2 is 2.04 bits per heavy atom. The molecule has 5 aliphatic rings. The second-order valence-corrected chi connectivity index (χ2v) is 9.82. The molecular formula is C22H28O4. The Morgan fingerprint density at radius 1 is 1.27 bits per heavy atom. The van der Waals surface area contributed by atoms with Crippen LogP contribution in [0.25, 0.3) is 0 Å². The van der Waals surface area contributed by atoms with Crippen molar-refractivity contribution in [3.05, 3.63) is 23.8 Å². The van der Waals surface area contributed by atoms with Gasteiger partial charge in [0.1, 0.15) is 12.2 Å². The minimum absolute atomic E-state index is 0.0613. The van der Waals surface area contributed by atoms with Crippen molar-refractivity contribution in [2.75, 3.05) is 6.61 Å². The maximum atomic E-state index is 12.5. The van der Waals surface area contributed by atoms with Gasteiger partial charge in [-0.3, -0.25) is 9.59 Å². The van der Waals surface area contributed by atoms with E-state index in [0.717, 1.165) is 19.3 Å². The average Bonchev–Trinajstić information content (AvgIpc) is 2.89. The molecule has 0 radical (unpaired) electrons. The van der Waals surface area contributed by atoms with Crippen molar-refractivity contribution < 1.29 is 19.4 Å². The van der Waals surface area contributed by atoms with Gasteiger partial charge in [-0.2, -0.15) is 0 Å². The average molecular weight is 356 g/mol. The number of carbonyl (C=O) groups is 2. The molecule has 4 heteroatoms. The quantitative estimate of drug-likeness (QED) is 0.725. The minimum Gasteiger partial charge on any atom is -0.393 e. The fourth-order valence-corrected chi connectivity index (χ4v) is 7.74. The summed E-state index contributed by atoms with van der Waals surface area (Å²) in [5, 5.41) is 11.3. The topological polar surface area (TPSA) is 63.6 Å². The molecule has 1 aliphatic heterocycles. The molecule has 5 rings (SSSR count). The molecule has 4 nitrogen and oxygen atoms in total. The van der Waals surface area contributed by atoms with Crippen LogP contribution < -0.4 is 0 Å². The molecule has 0 bridgehead atoms. The van der Waals surface area contributed by atoms with Gasteiger partial charge >= 0.3 is 0 Å². The van der Waals surface area contributed by atoms with Gasteiger partial charge in [-0.15, -0.1) is 0 Å². The summed E-state index contributed by atoms with van der Waals surface area (Å²) in [5.41, 5.74) is -0.00831. The van der Waals surface area contributed by atoms with E-state index in [4.69, 9.17) is 4.74 Å². The molecule has 1 heterocycles. The molecule has 4 fully saturated rings. The summed E-state index contributed by atoms with van der Waals surface area (Å²) in [6, 6.07) is 0. The molecule has 0 aromatic carbocycles. The molecule has 4 aliphatic carbocycles. The van der Waals surface area contributed by atoms with Crippen LogP contribution in [0.5, 0.6) is 0 Å². The first-order valence-corrected chi connectivity index (χ1v) is 10.0. The van der Waals surface area contributed by atoms with Gasteiger partial charge in [0.2, 0.25) is 0 Å². The van der Waals surface area contributed by atoms with E-state index in [2.05, 4.69) is 20.8 Å². The molecule has 140 valence electrons. The van der Waals surface area contributed by atoms with Crippen molar-refractivity contribution in [2.45, 2.75) is 58.2 Å². The molecule has 26 heavy (non-hydrogen) atoms. The van der Waals surface area contributed by atoms with Crippen molar-refractivity contribution in [2.24, 2.45) is 34.5 Å². The second-order valence-electron chi connectivity index (χ2n) is 9.82. The first-order valence-electron chi connectivity index (χ1n) is 10.0. The normalized spacial score (nSPS) is 55.1. The number of allylic oxidation sites excluding steroid dienone is 4. The van der Waals surface area contributed by atoms with E-state index < -0.39 is 11.7 Å². The third-order valence-electron chi connectivity index (χ3n) is 8.84. The van der Waals surface area contributed by atoms with Gasteiger partial charge in [0.15, 0.2) is 11.6 Å². The van der Waals surface area contributed by atoms with E-state index in [1.807, 2.05) is 6.08 Å². The Labute approximate surface area is 154 Å². The Bertz CT molecular complexity index is 766. The van der Waals surface area contributed by atoms with Crippen LogP contribution in [0.4, 0.5) is 0 Å². The highest BCUT2D eigenvalue weighted by Gasteiger charge is 2.72. The first kappa shape index (κ1) is 16.9. The molecule has 1 N–H and O–H groups in total. The zero-order valence-corrected chi connectivity index (χ0v) is 15.8. The summed E-state index contributed by atoms with van der Waals surface area (Å²) in [6.07, 6.45) is 8.43. The van der Waals surface area contributed by atoms with E-state index in [9.17, 15) is 14.7 Å². The maximum Gasteiger partial charge on any atom is 0.190 e. The van der Waals surface area contributed by atoms with E-state index in [1.165, 1.54) is 5.57 Å². The highest BCUT2D eigenvalue weighted by molar-refractivity contribution is 6.01. The Balaban J connectivity index is 1.59. The molecule has 0 aromatic rings. The first-order chi connectivity index (χ1) is 12.2. The SMILES string of the molecule is CC1CC2C(C(O)CC3(C)C2CCC32OCC2=O)C2(C)C=CC(=O)C=C12. The fourth-order valence-electron chi connectivity index (χ4n) is 7.74. The Morgan fingerprint density at radius 3 is 2.69 bits per heavy atom. The van der Waals surface area contributed by atoms with E-state index in [-0.39, 0.29) is 34.9 Å². The zero-order valence-electron chi connectivity index (χ0n) is 15.8. The highest BCUT2D eigenvalue weighted by atomic mass is 16.5. The fraction of sp³-hybridized carbons (Fsp3) is 0.727. The largest absolute Gasteiger partial charge is 0.393 e. The molecule has 3 saturated carbocycles. The van der Waals surface area contributed by atoms with Crippen LogP contribution in [0.1, 0.15) is 46.5 Å². The number of aliphatic hydroxyl groups excluding tert-OH is 1. The summed E-state index contributed by atoms with van der Waals surface area (Å²) < 4.78 is 5.93. The number of rotatable bonds is 0. The summed E-state index contributed by atoms with van der Waals surface area (Å²) >= 11 is 0. The summed E-state index contributed by atoms with van der Waals surface area (Å²) in [4.78, 5) is 24.5. The number of hydrogen-bond acceptors (Lipinski definition) is 4. The number of ether oxygens (including phenoxy) is 1. The number of aliphatic hydroxyl groups is 1. The van der Waals surface area contributed by atoms with Crippen LogP contribution >= 0.6 is 0 Å². The van der Waals surface area contributed by atoms with E-state index in [1.54, 1.807) is 12.2 Å². The number of Topliss-reactive ketones (excluding diaryl/α,β-unsaturated/α-hetero) is 1. The maximum absolute atomic E-state index is 12.5. The lowest BCUT2D eigenvalue weighted by atomic mass is 9.44. The lowest BCUT2D eigenvalue weighted by molar-refractivity contribution is -0.225. The van der Waals surface area contributed by atoms with Crippen LogP contribution in [-0.4, -0.2) is 35.0 Å². The van der Waals surface area contributed by atoms with Gasteiger partial charge in [0, 0.05) is 16.7 Å². The van der Waals surface area contributed by atoms with Gasteiger partial charge in [-0.25, -0.2) is 0 Å². The number of carbonyl (C=O) groups excluding carboxylic acids is 2. The van der Waals surface area contributed by atoms with Gasteiger partial charge in [0.25, 0.3) is 0 Å². The number of hydrogen-bond donors (Lipinski definition) is 1. The third-order valence-corrected chi connectivity index (χ3v) is 8.84. The van der Waals surface area contributed by atoms with Crippen LogP contribution in [0.3, 0.4) is 0 Å². The lowest BCUT2D eigenvalue weighted by Gasteiger charge is -2.62. The molecule has 0 amide bonds. The zero-order chi connectivity index (χ0) is 18.5. The number of ketones is 2. The van der Waals surface area contributed by atoms with Crippen molar-refractivity contribution in [3.8, 4) is 0 Å². The van der Waals surface area contributed by atoms with Crippen LogP contribution in [0.15, 0.2) is 23.8 Å². The molecule has 0 aromatic heterocycles. The van der Waals surface area contributed by atoms with E-state index >= 15 is 0 Å². The smallest absolute Gasteiger partial charge is 0.190 e. The monoisotopic (exact) mass is 356 g/mol. The van der Waals surface area contributed by atoms with Crippen molar-refractivity contribution in [3.63, 3.8) is 0 Å². The van der Waals surface area contributed by atoms with Gasteiger partial charge in [0.05, 0.1) is 6.10 Å². The lowest BCUT2D eigenvalue weighted by Crippen LogP contribution is -2.67. The van der Waals surface area contributed by atoms with Gasteiger partial charge in [-0.05, 0) is 55.6 Å².